The molecular weight excluding hydrogens is 428 g/mol. The molecular formula is C26H26N6S. The van der Waals surface area contributed by atoms with Gasteiger partial charge in [-0.15, -0.1) is 11.3 Å². The van der Waals surface area contributed by atoms with Crippen molar-refractivity contribution in [2.24, 2.45) is 0 Å². The SMILES string of the molecule is c1cc2c(ccc3nc([C@@H]4CCCN4)[nH]c32)cc1-c1ccc(-c2cnc([C@@H]3CCCN3)[nH]2)s1. The molecule has 166 valence electrons. The number of aromatic nitrogens is 4. The number of H-pyrrole nitrogens is 2. The minimum Gasteiger partial charge on any atom is -0.340 e. The third-order valence-electron chi connectivity index (χ3n) is 7.02. The molecule has 2 saturated heterocycles. The van der Waals surface area contributed by atoms with E-state index in [4.69, 9.17) is 4.98 Å². The van der Waals surface area contributed by atoms with Gasteiger partial charge in [0.05, 0.1) is 39.9 Å². The summed E-state index contributed by atoms with van der Waals surface area (Å²) in [6.45, 7) is 2.15. The van der Waals surface area contributed by atoms with Crippen LogP contribution in [0.1, 0.15) is 49.4 Å². The molecule has 0 saturated carbocycles. The summed E-state index contributed by atoms with van der Waals surface area (Å²) in [5, 5.41) is 9.52. The highest BCUT2D eigenvalue weighted by Gasteiger charge is 2.21. The molecule has 7 rings (SSSR count). The van der Waals surface area contributed by atoms with Crippen LogP contribution in [0, 0.1) is 0 Å². The lowest BCUT2D eigenvalue weighted by atomic mass is 10.0. The molecule has 4 N–H and O–H groups in total. The number of fused-ring (bicyclic) bond motifs is 3. The van der Waals surface area contributed by atoms with Gasteiger partial charge in [0.15, 0.2) is 0 Å². The maximum Gasteiger partial charge on any atom is 0.124 e. The fourth-order valence-corrected chi connectivity index (χ4v) is 6.23. The lowest BCUT2D eigenvalue weighted by Crippen LogP contribution is -2.14. The number of rotatable bonds is 4. The van der Waals surface area contributed by atoms with Crippen LogP contribution in [0.25, 0.3) is 42.8 Å². The number of hydrogen-bond donors (Lipinski definition) is 4. The van der Waals surface area contributed by atoms with Crippen molar-refractivity contribution in [3.63, 3.8) is 0 Å². The second-order valence-electron chi connectivity index (χ2n) is 9.16. The summed E-state index contributed by atoms with van der Waals surface area (Å²) < 4.78 is 0. The van der Waals surface area contributed by atoms with Gasteiger partial charge in [-0.05, 0) is 74.0 Å². The van der Waals surface area contributed by atoms with E-state index in [2.05, 4.69) is 68.1 Å². The summed E-state index contributed by atoms with van der Waals surface area (Å²) in [6.07, 6.45) is 6.71. The summed E-state index contributed by atoms with van der Waals surface area (Å²) >= 11 is 1.81. The summed E-state index contributed by atoms with van der Waals surface area (Å²) in [5.74, 6) is 2.12. The molecule has 0 unspecified atom stereocenters. The zero-order valence-corrected chi connectivity index (χ0v) is 19.1. The topological polar surface area (TPSA) is 81.4 Å². The summed E-state index contributed by atoms with van der Waals surface area (Å²) in [5.41, 5.74) is 4.53. The molecule has 5 aromatic rings. The molecule has 6 nitrogen and oxygen atoms in total. The molecule has 3 aromatic heterocycles. The molecule has 0 aliphatic carbocycles. The Morgan fingerprint density at radius 2 is 1.64 bits per heavy atom. The highest BCUT2D eigenvalue weighted by molar-refractivity contribution is 7.18. The van der Waals surface area contributed by atoms with Crippen molar-refractivity contribution >= 4 is 33.1 Å². The van der Waals surface area contributed by atoms with Gasteiger partial charge in [-0.1, -0.05) is 18.2 Å². The second kappa shape index (κ2) is 7.80. The molecule has 5 heterocycles. The van der Waals surface area contributed by atoms with E-state index in [1.54, 1.807) is 0 Å². The van der Waals surface area contributed by atoms with E-state index in [0.717, 1.165) is 54.3 Å². The van der Waals surface area contributed by atoms with Crippen LogP contribution in [0.3, 0.4) is 0 Å². The molecule has 2 aliphatic rings. The van der Waals surface area contributed by atoms with Crippen molar-refractivity contribution in [3.05, 3.63) is 60.3 Å². The van der Waals surface area contributed by atoms with Crippen molar-refractivity contribution < 1.29 is 0 Å². The quantitative estimate of drug-likeness (QED) is 0.281. The lowest BCUT2D eigenvalue weighted by Gasteiger charge is -2.05. The van der Waals surface area contributed by atoms with Crippen molar-refractivity contribution in [1.82, 2.24) is 30.6 Å². The number of thiophene rings is 1. The van der Waals surface area contributed by atoms with Crippen LogP contribution in [0.15, 0.2) is 48.7 Å². The normalized spacial score (nSPS) is 21.0. The minimum atomic E-state index is 0.351. The summed E-state index contributed by atoms with van der Waals surface area (Å²) in [4.78, 5) is 19.1. The first-order valence-corrected chi connectivity index (χ1v) is 12.7. The average Bonchev–Trinajstić information content (AvgIpc) is 3.68. The molecule has 0 bridgehead atoms. The van der Waals surface area contributed by atoms with Crippen LogP contribution >= 0.6 is 11.3 Å². The van der Waals surface area contributed by atoms with Crippen molar-refractivity contribution in [2.45, 2.75) is 37.8 Å². The van der Waals surface area contributed by atoms with Gasteiger partial charge in [-0.2, -0.15) is 0 Å². The number of benzene rings is 2. The standard InChI is InChI=1S/C26H26N6S/c1-3-19(27-11-1)25-29-14-21(31-25)23-10-9-22(33-23)16-5-7-17-15(13-16)6-8-18-24(17)32-26(30-18)20-4-2-12-28-20/h5-10,13-14,19-20,27-28H,1-4,11-12H2,(H,29,31)(H,30,32)/t19-,20-/m0/s1. The van der Waals surface area contributed by atoms with Gasteiger partial charge >= 0.3 is 0 Å². The van der Waals surface area contributed by atoms with Crippen molar-refractivity contribution in [2.75, 3.05) is 13.1 Å². The van der Waals surface area contributed by atoms with Crippen LogP contribution in [-0.2, 0) is 0 Å². The van der Waals surface area contributed by atoms with Crippen LogP contribution in [0.4, 0.5) is 0 Å². The van der Waals surface area contributed by atoms with Crippen LogP contribution in [0.2, 0.25) is 0 Å². The Morgan fingerprint density at radius 1 is 0.818 bits per heavy atom. The van der Waals surface area contributed by atoms with Gasteiger partial charge in [-0.25, -0.2) is 9.97 Å². The first-order chi connectivity index (χ1) is 16.3. The van der Waals surface area contributed by atoms with E-state index >= 15 is 0 Å². The third-order valence-corrected chi connectivity index (χ3v) is 8.19. The van der Waals surface area contributed by atoms with E-state index in [1.807, 2.05) is 17.5 Å². The number of nitrogens with one attached hydrogen (secondary N) is 4. The van der Waals surface area contributed by atoms with E-state index in [9.17, 15) is 0 Å². The molecule has 2 aromatic carbocycles. The Kier molecular flexibility index (Phi) is 4.60. The zero-order valence-electron chi connectivity index (χ0n) is 18.3. The first-order valence-electron chi connectivity index (χ1n) is 11.9. The molecule has 7 heteroatoms. The molecule has 0 spiro atoms. The van der Waals surface area contributed by atoms with E-state index in [1.165, 1.54) is 38.9 Å². The fourth-order valence-electron chi connectivity index (χ4n) is 5.26. The maximum atomic E-state index is 4.86. The summed E-state index contributed by atoms with van der Waals surface area (Å²) in [7, 11) is 0. The van der Waals surface area contributed by atoms with Gasteiger partial charge in [-0.3, -0.25) is 0 Å². The number of nitrogens with zero attached hydrogens (tertiary/aromatic N) is 2. The second-order valence-corrected chi connectivity index (χ2v) is 10.2. The largest absolute Gasteiger partial charge is 0.340 e. The predicted molar refractivity (Wildman–Crippen MR) is 134 cm³/mol. The van der Waals surface area contributed by atoms with Crippen LogP contribution in [-0.4, -0.2) is 33.0 Å². The zero-order chi connectivity index (χ0) is 21.8. The molecule has 0 amide bonds. The van der Waals surface area contributed by atoms with Gasteiger partial charge in [0.1, 0.15) is 11.6 Å². The van der Waals surface area contributed by atoms with Crippen molar-refractivity contribution in [3.8, 4) is 21.0 Å². The highest BCUT2D eigenvalue weighted by atomic mass is 32.1. The first kappa shape index (κ1) is 19.5. The summed E-state index contributed by atoms with van der Waals surface area (Å²) in [6, 6.07) is 16.2. The molecule has 2 fully saturated rings. The molecule has 33 heavy (non-hydrogen) atoms. The van der Waals surface area contributed by atoms with Gasteiger partial charge < -0.3 is 20.6 Å². The number of imidazole rings is 2. The Bertz CT molecular complexity index is 1450. The maximum absolute atomic E-state index is 4.86. The van der Waals surface area contributed by atoms with Gasteiger partial charge in [0, 0.05) is 10.3 Å². The average molecular weight is 455 g/mol. The van der Waals surface area contributed by atoms with E-state index in [-0.39, 0.29) is 0 Å². The van der Waals surface area contributed by atoms with E-state index < -0.39 is 0 Å². The van der Waals surface area contributed by atoms with Crippen LogP contribution < -0.4 is 10.6 Å². The third kappa shape index (κ3) is 3.39. The Morgan fingerprint density at radius 3 is 2.45 bits per heavy atom. The van der Waals surface area contributed by atoms with Crippen molar-refractivity contribution in [1.29, 1.82) is 0 Å². The predicted octanol–water partition coefficient (Wildman–Crippen LogP) is 5.68. The smallest absolute Gasteiger partial charge is 0.124 e. The Balaban J connectivity index is 1.20. The molecule has 2 aliphatic heterocycles. The van der Waals surface area contributed by atoms with E-state index in [0.29, 0.717) is 12.1 Å². The van der Waals surface area contributed by atoms with Crippen LogP contribution in [0.5, 0.6) is 0 Å². The Hall–Kier alpha value is -3.00. The van der Waals surface area contributed by atoms with Gasteiger partial charge in [0.2, 0.25) is 0 Å². The Labute approximate surface area is 195 Å². The molecule has 0 radical (unpaired) electrons. The van der Waals surface area contributed by atoms with Gasteiger partial charge in [0.25, 0.3) is 0 Å². The lowest BCUT2D eigenvalue weighted by molar-refractivity contribution is 0.613. The molecule has 2 atom stereocenters. The highest BCUT2D eigenvalue weighted by Crippen LogP contribution is 2.37. The number of hydrogen-bond acceptors (Lipinski definition) is 5. The minimum absolute atomic E-state index is 0.351. The monoisotopic (exact) mass is 454 g/mol. The fraction of sp³-hybridized carbons (Fsp3) is 0.308. The number of aromatic amines is 2.